The molecule has 1 aromatic heterocycles. The summed E-state index contributed by atoms with van der Waals surface area (Å²) in [6.45, 7) is 1.26. The first-order valence-corrected chi connectivity index (χ1v) is 7.55. The maximum atomic E-state index is 3.76. The second-order valence-corrected chi connectivity index (χ2v) is 6.45. The summed E-state index contributed by atoms with van der Waals surface area (Å²) in [4.78, 5) is 0. The molecule has 88 valence electrons. The monoisotopic (exact) mass is 235 g/mol. The standard InChI is InChI=1S/C14H21NS/c1-2-7-14(6-1,11-15-13-3-4-13)9-12-5-8-16-10-12/h5,8,10,13,15H,1-4,6-7,9,11H2. The lowest BCUT2D eigenvalue weighted by Crippen LogP contribution is -2.35. The van der Waals surface area contributed by atoms with Crippen LogP contribution in [0.15, 0.2) is 16.8 Å². The third-order valence-electron chi connectivity index (χ3n) is 4.17. The fraction of sp³-hybridized carbons (Fsp3) is 0.714. The molecule has 2 aliphatic rings. The highest BCUT2D eigenvalue weighted by Crippen LogP contribution is 2.41. The molecule has 16 heavy (non-hydrogen) atoms. The topological polar surface area (TPSA) is 12.0 Å². The van der Waals surface area contributed by atoms with E-state index in [1.54, 1.807) is 5.56 Å². The third-order valence-corrected chi connectivity index (χ3v) is 4.90. The summed E-state index contributed by atoms with van der Waals surface area (Å²) in [5.41, 5.74) is 2.15. The van der Waals surface area contributed by atoms with E-state index in [9.17, 15) is 0 Å². The van der Waals surface area contributed by atoms with Crippen LogP contribution in [0.4, 0.5) is 0 Å². The Labute approximate surface area is 102 Å². The van der Waals surface area contributed by atoms with Gasteiger partial charge in [-0.2, -0.15) is 11.3 Å². The van der Waals surface area contributed by atoms with Crippen LogP contribution in [-0.4, -0.2) is 12.6 Å². The molecule has 1 nitrogen and oxygen atoms in total. The van der Waals surface area contributed by atoms with Gasteiger partial charge in [-0.15, -0.1) is 0 Å². The van der Waals surface area contributed by atoms with Crippen molar-refractivity contribution < 1.29 is 0 Å². The minimum atomic E-state index is 0.587. The minimum Gasteiger partial charge on any atom is -0.313 e. The van der Waals surface area contributed by atoms with Crippen molar-refractivity contribution in [2.24, 2.45) is 5.41 Å². The van der Waals surface area contributed by atoms with Crippen LogP contribution in [0.2, 0.25) is 0 Å². The van der Waals surface area contributed by atoms with Gasteiger partial charge in [0, 0.05) is 12.6 Å². The molecule has 0 amide bonds. The Kier molecular flexibility index (Phi) is 3.03. The number of nitrogens with one attached hydrogen (secondary N) is 1. The summed E-state index contributed by atoms with van der Waals surface area (Å²) in [7, 11) is 0. The highest BCUT2D eigenvalue weighted by Gasteiger charge is 2.35. The van der Waals surface area contributed by atoms with Gasteiger partial charge in [-0.1, -0.05) is 12.8 Å². The first-order chi connectivity index (χ1) is 7.86. The molecular formula is C14H21NS. The molecule has 2 heteroatoms. The van der Waals surface area contributed by atoms with Crippen molar-refractivity contribution in [3.63, 3.8) is 0 Å². The number of hydrogen-bond acceptors (Lipinski definition) is 2. The lowest BCUT2D eigenvalue weighted by molar-refractivity contribution is 0.277. The Morgan fingerprint density at radius 3 is 2.75 bits per heavy atom. The zero-order chi connectivity index (χ0) is 10.8. The molecule has 0 bridgehead atoms. The first kappa shape index (κ1) is 10.8. The zero-order valence-electron chi connectivity index (χ0n) is 9.87. The second kappa shape index (κ2) is 4.50. The van der Waals surface area contributed by atoms with E-state index in [0.29, 0.717) is 5.41 Å². The summed E-state index contributed by atoms with van der Waals surface area (Å²) >= 11 is 1.84. The predicted molar refractivity (Wildman–Crippen MR) is 69.9 cm³/mol. The molecule has 2 saturated carbocycles. The quantitative estimate of drug-likeness (QED) is 0.822. The van der Waals surface area contributed by atoms with Crippen molar-refractivity contribution in [1.82, 2.24) is 5.32 Å². The maximum absolute atomic E-state index is 3.76. The second-order valence-electron chi connectivity index (χ2n) is 5.67. The van der Waals surface area contributed by atoms with Crippen LogP contribution in [-0.2, 0) is 6.42 Å². The molecule has 3 rings (SSSR count). The molecule has 2 fully saturated rings. The van der Waals surface area contributed by atoms with E-state index in [2.05, 4.69) is 22.1 Å². The lowest BCUT2D eigenvalue weighted by Gasteiger charge is -2.29. The Morgan fingerprint density at radius 2 is 2.12 bits per heavy atom. The predicted octanol–water partition coefficient (Wildman–Crippen LogP) is 3.60. The molecule has 0 aliphatic heterocycles. The summed E-state index contributed by atoms with van der Waals surface area (Å²) in [6, 6.07) is 3.17. The highest BCUT2D eigenvalue weighted by molar-refractivity contribution is 7.07. The summed E-state index contributed by atoms with van der Waals surface area (Å²) in [5, 5.41) is 8.30. The summed E-state index contributed by atoms with van der Waals surface area (Å²) in [5.74, 6) is 0. The summed E-state index contributed by atoms with van der Waals surface area (Å²) < 4.78 is 0. The van der Waals surface area contributed by atoms with E-state index in [4.69, 9.17) is 0 Å². The van der Waals surface area contributed by atoms with E-state index in [1.807, 2.05) is 11.3 Å². The van der Waals surface area contributed by atoms with Gasteiger partial charge in [0.2, 0.25) is 0 Å². The first-order valence-electron chi connectivity index (χ1n) is 6.61. The number of thiophene rings is 1. The number of rotatable bonds is 5. The van der Waals surface area contributed by atoms with E-state index in [-0.39, 0.29) is 0 Å². The minimum absolute atomic E-state index is 0.587. The van der Waals surface area contributed by atoms with Gasteiger partial charge in [-0.05, 0) is 59.9 Å². The highest BCUT2D eigenvalue weighted by atomic mass is 32.1. The average Bonchev–Trinajstić information content (AvgIpc) is 2.78. The van der Waals surface area contributed by atoms with Gasteiger partial charge < -0.3 is 5.32 Å². The molecule has 0 radical (unpaired) electrons. The van der Waals surface area contributed by atoms with Crippen LogP contribution >= 0.6 is 11.3 Å². The molecule has 0 unspecified atom stereocenters. The Hall–Kier alpha value is -0.340. The van der Waals surface area contributed by atoms with Gasteiger partial charge in [-0.3, -0.25) is 0 Å². The smallest absolute Gasteiger partial charge is 0.00684 e. The molecule has 0 aromatic carbocycles. The fourth-order valence-corrected chi connectivity index (χ4v) is 3.68. The van der Waals surface area contributed by atoms with Crippen LogP contribution in [0, 0.1) is 5.41 Å². The SMILES string of the molecule is c1cc(CC2(CNC3CC3)CCCC2)cs1. The van der Waals surface area contributed by atoms with E-state index in [1.165, 1.54) is 51.5 Å². The van der Waals surface area contributed by atoms with Crippen LogP contribution in [0.3, 0.4) is 0 Å². The van der Waals surface area contributed by atoms with Gasteiger partial charge in [0.05, 0.1) is 0 Å². The fourth-order valence-electron chi connectivity index (χ4n) is 3.02. The van der Waals surface area contributed by atoms with Crippen molar-refractivity contribution in [3.8, 4) is 0 Å². The van der Waals surface area contributed by atoms with Crippen molar-refractivity contribution in [2.45, 2.75) is 51.0 Å². The molecular weight excluding hydrogens is 214 g/mol. The van der Waals surface area contributed by atoms with Crippen molar-refractivity contribution in [1.29, 1.82) is 0 Å². The normalized spacial score (nSPS) is 23.8. The van der Waals surface area contributed by atoms with E-state index in [0.717, 1.165) is 6.04 Å². The van der Waals surface area contributed by atoms with Crippen LogP contribution in [0.25, 0.3) is 0 Å². The van der Waals surface area contributed by atoms with Crippen LogP contribution < -0.4 is 5.32 Å². The van der Waals surface area contributed by atoms with Gasteiger partial charge in [-0.25, -0.2) is 0 Å². The number of hydrogen-bond donors (Lipinski definition) is 1. The Balaban J connectivity index is 1.63. The Bertz CT molecular complexity index is 321. The molecule has 2 aliphatic carbocycles. The lowest BCUT2D eigenvalue weighted by atomic mass is 9.80. The summed E-state index contributed by atoms with van der Waals surface area (Å²) in [6.07, 6.45) is 9.87. The average molecular weight is 235 g/mol. The molecule has 1 heterocycles. The van der Waals surface area contributed by atoms with Crippen molar-refractivity contribution >= 4 is 11.3 Å². The third kappa shape index (κ3) is 2.49. The molecule has 1 aromatic rings. The van der Waals surface area contributed by atoms with Crippen LogP contribution in [0.5, 0.6) is 0 Å². The van der Waals surface area contributed by atoms with E-state index >= 15 is 0 Å². The maximum Gasteiger partial charge on any atom is 0.00684 e. The van der Waals surface area contributed by atoms with Crippen LogP contribution in [0.1, 0.15) is 44.1 Å². The van der Waals surface area contributed by atoms with Gasteiger partial charge >= 0.3 is 0 Å². The van der Waals surface area contributed by atoms with Crippen molar-refractivity contribution in [3.05, 3.63) is 22.4 Å². The largest absolute Gasteiger partial charge is 0.313 e. The van der Waals surface area contributed by atoms with Gasteiger partial charge in [0.1, 0.15) is 0 Å². The molecule has 0 saturated heterocycles. The Morgan fingerprint density at radius 1 is 1.31 bits per heavy atom. The van der Waals surface area contributed by atoms with Crippen molar-refractivity contribution in [2.75, 3.05) is 6.54 Å². The molecule has 0 spiro atoms. The van der Waals surface area contributed by atoms with Gasteiger partial charge in [0.25, 0.3) is 0 Å². The molecule has 0 atom stereocenters. The zero-order valence-corrected chi connectivity index (χ0v) is 10.7. The molecule has 1 N–H and O–H groups in total. The van der Waals surface area contributed by atoms with E-state index < -0.39 is 0 Å². The van der Waals surface area contributed by atoms with Gasteiger partial charge in [0.15, 0.2) is 0 Å².